The zero-order valence-corrected chi connectivity index (χ0v) is 17.8. The number of amides is 1. The molecule has 9 nitrogen and oxygen atoms in total. The van der Waals surface area contributed by atoms with Crippen LogP contribution in [0, 0.1) is 10.1 Å². The van der Waals surface area contributed by atoms with Crippen molar-refractivity contribution in [2.24, 2.45) is 0 Å². The Morgan fingerprint density at radius 3 is 2.59 bits per heavy atom. The van der Waals surface area contributed by atoms with E-state index in [9.17, 15) is 19.7 Å². The summed E-state index contributed by atoms with van der Waals surface area (Å²) < 4.78 is 11.1. The number of nitro groups is 1. The smallest absolute Gasteiger partial charge is 0.407 e. The van der Waals surface area contributed by atoms with E-state index in [0.29, 0.717) is 20.7 Å². The molecule has 0 aliphatic heterocycles. The maximum absolute atomic E-state index is 12.4. The first-order valence-electron chi connectivity index (χ1n) is 9.13. The van der Waals surface area contributed by atoms with Crippen LogP contribution < -0.4 is 10.6 Å². The number of rotatable bonds is 7. The third-order valence-electron chi connectivity index (χ3n) is 3.69. The molecule has 1 aromatic heterocycles. The number of carbonyl (C=O) groups is 2. The van der Waals surface area contributed by atoms with Crippen LogP contribution in [0.5, 0.6) is 0 Å². The number of hydrogen-bond donors (Lipinski definition) is 2. The van der Waals surface area contributed by atoms with Crippen LogP contribution in [0.2, 0.25) is 0 Å². The van der Waals surface area contributed by atoms with E-state index in [-0.39, 0.29) is 24.9 Å². The molecule has 2 rings (SSSR count). The third-order valence-corrected chi connectivity index (χ3v) is 4.84. The predicted molar refractivity (Wildman–Crippen MR) is 112 cm³/mol. The summed E-state index contributed by atoms with van der Waals surface area (Å²) in [6, 6.07) is 4.09. The molecule has 158 valence electrons. The summed E-state index contributed by atoms with van der Waals surface area (Å²) in [5, 5.41) is 17.5. The van der Waals surface area contributed by atoms with Gasteiger partial charge in [0.2, 0.25) is 0 Å². The molecule has 0 radical (unpaired) electrons. The molecule has 0 aliphatic rings. The molecule has 0 aliphatic carbocycles. The number of thiophene rings is 1. The third kappa shape index (κ3) is 6.05. The summed E-state index contributed by atoms with van der Waals surface area (Å²) in [6.45, 7) is 9.28. The molecule has 29 heavy (non-hydrogen) atoms. The molecule has 0 fully saturated rings. The molecule has 2 aromatic rings. The SMILES string of the molecule is CCOC(=O)c1sc2ccc([N+](=O)[O-])cc2c1NC[C@@H](C)NC(=O)OC(C)(C)C. The van der Waals surface area contributed by atoms with Crippen LogP contribution in [-0.2, 0) is 9.47 Å². The van der Waals surface area contributed by atoms with Gasteiger partial charge in [0.1, 0.15) is 10.5 Å². The van der Waals surface area contributed by atoms with Gasteiger partial charge in [-0.2, -0.15) is 0 Å². The fourth-order valence-corrected chi connectivity index (χ4v) is 3.58. The van der Waals surface area contributed by atoms with Gasteiger partial charge in [0, 0.05) is 34.8 Å². The van der Waals surface area contributed by atoms with Gasteiger partial charge in [0.05, 0.1) is 17.2 Å². The van der Waals surface area contributed by atoms with Gasteiger partial charge in [0.25, 0.3) is 5.69 Å². The summed E-state index contributed by atoms with van der Waals surface area (Å²) in [5.41, 5.74) is -0.241. The minimum Gasteiger partial charge on any atom is -0.462 e. The average Bonchev–Trinajstić information content (AvgIpc) is 2.96. The van der Waals surface area contributed by atoms with E-state index in [4.69, 9.17) is 9.47 Å². The minimum absolute atomic E-state index is 0.0753. The van der Waals surface area contributed by atoms with E-state index in [1.165, 1.54) is 23.5 Å². The van der Waals surface area contributed by atoms with Crippen LogP contribution in [0.4, 0.5) is 16.2 Å². The van der Waals surface area contributed by atoms with Gasteiger partial charge in [-0.1, -0.05) is 0 Å². The molecule has 0 bridgehead atoms. The molecule has 10 heteroatoms. The van der Waals surface area contributed by atoms with E-state index in [1.807, 2.05) is 0 Å². The zero-order valence-electron chi connectivity index (χ0n) is 17.0. The summed E-state index contributed by atoms with van der Waals surface area (Å²) in [4.78, 5) is 35.2. The largest absolute Gasteiger partial charge is 0.462 e. The van der Waals surface area contributed by atoms with Crippen LogP contribution in [0.3, 0.4) is 0 Å². The Morgan fingerprint density at radius 2 is 2.00 bits per heavy atom. The Balaban J connectivity index is 2.25. The van der Waals surface area contributed by atoms with Crippen molar-refractivity contribution >= 4 is 44.9 Å². The lowest BCUT2D eigenvalue weighted by Gasteiger charge is -2.22. The first-order valence-corrected chi connectivity index (χ1v) is 9.95. The van der Waals surface area contributed by atoms with Gasteiger partial charge in [-0.05, 0) is 40.7 Å². The number of carbonyl (C=O) groups excluding carboxylic acids is 2. The van der Waals surface area contributed by atoms with Crippen molar-refractivity contribution in [3.05, 3.63) is 33.2 Å². The maximum atomic E-state index is 12.4. The summed E-state index contributed by atoms with van der Waals surface area (Å²) in [7, 11) is 0. The van der Waals surface area contributed by atoms with Crippen molar-refractivity contribution < 1.29 is 24.0 Å². The van der Waals surface area contributed by atoms with Crippen LogP contribution in [0.15, 0.2) is 18.2 Å². The number of esters is 1. The number of alkyl carbamates (subject to hydrolysis) is 1. The van der Waals surface area contributed by atoms with E-state index >= 15 is 0 Å². The quantitative estimate of drug-likeness (QED) is 0.387. The van der Waals surface area contributed by atoms with Gasteiger partial charge in [0.15, 0.2) is 0 Å². The van der Waals surface area contributed by atoms with Crippen molar-refractivity contribution in [3.63, 3.8) is 0 Å². The topological polar surface area (TPSA) is 120 Å². The molecular formula is C19H25N3O6S. The summed E-state index contributed by atoms with van der Waals surface area (Å²) in [6.07, 6.45) is -0.553. The van der Waals surface area contributed by atoms with Crippen LogP contribution in [0.25, 0.3) is 10.1 Å². The molecule has 1 aromatic carbocycles. The summed E-state index contributed by atoms with van der Waals surface area (Å²) in [5.74, 6) is -0.508. The highest BCUT2D eigenvalue weighted by atomic mass is 32.1. The number of nitro benzene ring substituents is 1. The highest BCUT2D eigenvalue weighted by Crippen LogP contribution is 2.38. The number of benzene rings is 1. The highest BCUT2D eigenvalue weighted by Gasteiger charge is 2.23. The minimum atomic E-state index is -0.614. The fourth-order valence-electron chi connectivity index (χ4n) is 2.53. The lowest BCUT2D eigenvalue weighted by molar-refractivity contribution is -0.384. The number of nitrogens with zero attached hydrogens (tertiary/aromatic N) is 1. The molecular weight excluding hydrogens is 398 g/mol. The Kier molecular flexibility index (Phi) is 7.02. The van der Waals surface area contributed by atoms with Crippen molar-refractivity contribution in [2.75, 3.05) is 18.5 Å². The standard InChI is InChI=1S/C19H25N3O6S/c1-6-27-17(23)16-15(13-9-12(22(25)26)7-8-14(13)29-16)20-10-11(2)21-18(24)28-19(3,4)5/h7-9,11,20H,6,10H2,1-5H3,(H,21,24)/t11-/m1/s1. The van der Waals surface area contributed by atoms with E-state index in [1.54, 1.807) is 40.7 Å². The monoisotopic (exact) mass is 423 g/mol. The lowest BCUT2D eigenvalue weighted by Crippen LogP contribution is -2.40. The van der Waals surface area contributed by atoms with Crippen LogP contribution in [-0.4, -0.2) is 41.8 Å². The second-order valence-corrected chi connectivity index (χ2v) is 8.44. The molecule has 0 unspecified atom stereocenters. The van der Waals surface area contributed by atoms with E-state index < -0.39 is 22.6 Å². The zero-order chi connectivity index (χ0) is 21.8. The number of nitrogens with one attached hydrogen (secondary N) is 2. The van der Waals surface area contributed by atoms with Crippen LogP contribution in [0.1, 0.15) is 44.3 Å². The van der Waals surface area contributed by atoms with Gasteiger partial charge in [-0.25, -0.2) is 9.59 Å². The number of hydrogen-bond acceptors (Lipinski definition) is 8. The van der Waals surface area contributed by atoms with Crippen LogP contribution >= 0.6 is 11.3 Å². The van der Waals surface area contributed by atoms with Gasteiger partial charge < -0.3 is 20.1 Å². The van der Waals surface area contributed by atoms with E-state index in [2.05, 4.69) is 10.6 Å². The number of non-ortho nitro benzene ring substituents is 1. The Hall–Kier alpha value is -2.88. The van der Waals surface area contributed by atoms with Crippen molar-refractivity contribution in [1.82, 2.24) is 5.32 Å². The fraction of sp³-hybridized carbons (Fsp3) is 0.474. The summed E-state index contributed by atoms with van der Waals surface area (Å²) >= 11 is 1.19. The van der Waals surface area contributed by atoms with Crippen molar-refractivity contribution in [1.29, 1.82) is 0 Å². The molecule has 0 saturated carbocycles. The lowest BCUT2D eigenvalue weighted by atomic mass is 10.2. The van der Waals surface area contributed by atoms with E-state index in [0.717, 1.165) is 0 Å². The number of anilines is 1. The number of fused-ring (bicyclic) bond motifs is 1. The van der Waals surface area contributed by atoms with Gasteiger partial charge in [-0.15, -0.1) is 11.3 Å². The molecule has 0 saturated heterocycles. The Morgan fingerprint density at radius 1 is 1.31 bits per heavy atom. The number of ether oxygens (including phenoxy) is 2. The maximum Gasteiger partial charge on any atom is 0.407 e. The highest BCUT2D eigenvalue weighted by molar-refractivity contribution is 7.21. The molecule has 0 spiro atoms. The predicted octanol–water partition coefficient (Wildman–Crippen LogP) is 4.31. The normalized spacial score (nSPS) is 12.3. The first kappa shape index (κ1) is 22.4. The average molecular weight is 423 g/mol. The first-order chi connectivity index (χ1) is 13.5. The second kappa shape index (κ2) is 9.08. The molecule has 1 amide bonds. The van der Waals surface area contributed by atoms with Gasteiger partial charge in [-0.3, -0.25) is 10.1 Å². The molecule has 1 heterocycles. The van der Waals surface area contributed by atoms with Crippen molar-refractivity contribution in [3.8, 4) is 0 Å². The van der Waals surface area contributed by atoms with Crippen molar-refractivity contribution in [2.45, 2.75) is 46.3 Å². The van der Waals surface area contributed by atoms with Gasteiger partial charge >= 0.3 is 12.1 Å². The molecule has 2 N–H and O–H groups in total. The second-order valence-electron chi connectivity index (χ2n) is 7.39. The Labute approximate surface area is 172 Å². The Bertz CT molecular complexity index is 919. The molecule has 1 atom stereocenters.